The van der Waals surface area contributed by atoms with Gasteiger partial charge in [0.2, 0.25) is 0 Å². The van der Waals surface area contributed by atoms with Crippen molar-refractivity contribution in [2.45, 2.75) is 72.4 Å². The fraction of sp³-hybridized carbons (Fsp3) is 1.00. The Bertz CT molecular complexity index is 249. The summed E-state index contributed by atoms with van der Waals surface area (Å²) in [7, 11) is 2.24. The molecule has 1 N–H and O–H groups in total. The molecule has 0 radical (unpaired) electrons. The fourth-order valence-electron chi connectivity index (χ4n) is 3.50. The van der Waals surface area contributed by atoms with Crippen molar-refractivity contribution >= 4 is 0 Å². The molecule has 18 heavy (non-hydrogen) atoms. The highest BCUT2D eigenvalue weighted by Crippen LogP contribution is 2.42. The lowest BCUT2D eigenvalue weighted by Gasteiger charge is -2.47. The van der Waals surface area contributed by atoms with E-state index in [4.69, 9.17) is 0 Å². The van der Waals surface area contributed by atoms with Crippen molar-refractivity contribution in [2.75, 3.05) is 13.6 Å². The molecule has 2 nitrogen and oxygen atoms in total. The Hall–Kier alpha value is -0.0800. The van der Waals surface area contributed by atoms with Gasteiger partial charge in [-0.05, 0) is 43.6 Å². The molecular weight excluding hydrogens is 222 g/mol. The van der Waals surface area contributed by atoms with Crippen molar-refractivity contribution in [1.29, 1.82) is 0 Å². The van der Waals surface area contributed by atoms with E-state index in [1.54, 1.807) is 0 Å². The summed E-state index contributed by atoms with van der Waals surface area (Å²) in [4.78, 5) is 2.50. The van der Waals surface area contributed by atoms with E-state index < -0.39 is 0 Å². The van der Waals surface area contributed by atoms with Crippen molar-refractivity contribution in [2.24, 2.45) is 17.3 Å². The van der Waals surface area contributed by atoms with Crippen molar-refractivity contribution < 1.29 is 5.11 Å². The summed E-state index contributed by atoms with van der Waals surface area (Å²) in [6, 6.07) is 0.547. The van der Waals surface area contributed by atoms with Crippen molar-refractivity contribution in [1.82, 2.24) is 4.90 Å². The molecule has 2 heteroatoms. The average Bonchev–Trinajstić information content (AvgIpc) is 2.27. The number of aliphatic hydroxyl groups is 1. The maximum Gasteiger partial charge on any atom is 0.0555 e. The highest BCUT2D eigenvalue weighted by molar-refractivity contribution is 4.93. The first kappa shape index (κ1) is 16.0. The molecule has 3 atom stereocenters. The number of aliphatic hydroxyl groups excluding tert-OH is 1. The zero-order chi connectivity index (χ0) is 13.9. The maximum absolute atomic E-state index is 9.99. The quantitative estimate of drug-likeness (QED) is 0.812. The number of hydrogen-bond donors (Lipinski definition) is 1. The van der Waals surface area contributed by atoms with E-state index in [9.17, 15) is 5.11 Å². The molecule has 0 heterocycles. The van der Waals surface area contributed by atoms with Crippen LogP contribution in [-0.4, -0.2) is 35.7 Å². The van der Waals surface area contributed by atoms with Crippen LogP contribution in [0.15, 0.2) is 0 Å². The second-order valence-corrected chi connectivity index (χ2v) is 7.32. The topological polar surface area (TPSA) is 23.5 Å². The third-order valence-electron chi connectivity index (χ3n) is 4.92. The van der Waals surface area contributed by atoms with Crippen LogP contribution in [0.5, 0.6) is 0 Å². The van der Waals surface area contributed by atoms with E-state index in [0.717, 1.165) is 25.3 Å². The summed E-state index contributed by atoms with van der Waals surface area (Å²) in [5.41, 5.74) is 0.385. The third kappa shape index (κ3) is 3.96. The molecule has 1 aliphatic rings. The molecule has 108 valence electrons. The monoisotopic (exact) mass is 255 g/mol. The normalized spacial score (nSPS) is 30.2. The van der Waals surface area contributed by atoms with Crippen LogP contribution in [0, 0.1) is 17.3 Å². The Morgan fingerprint density at radius 1 is 1.28 bits per heavy atom. The van der Waals surface area contributed by atoms with Crippen LogP contribution < -0.4 is 0 Å². The van der Waals surface area contributed by atoms with Gasteiger partial charge in [0.1, 0.15) is 0 Å². The highest BCUT2D eigenvalue weighted by Gasteiger charge is 2.40. The van der Waals surface area contributed by atoms with Gasteiger partial charge in [-0.3, -0.25) is 0 Å². The van der Waals surface area contributed by atoms with E-state index in [2.05, 4.69) is 46.6 Å². The Balaban J connectivity index is 2.79. The summed E-state index contributed by atoms with van der Waals surface area (Å²) in [5.74, 6) is 1.41. The van der Waals surface area contributed by atoms with E-state index in [0.29, 0.717) is 17.4 Å². The van der Waals surface area contributed by atoms with Crippen molar-refractivity contribution in [3.63, 3.8) is 0 Å². The molecule has 1 rings (SSSR count). The molecule has 0 aromatic rings. The van der Waals surface area contributed by atoms with Gasteiger partial charge in [-0.2, -0.15) is 0 Å². The fourth-order valence-corrected chi connectivity index (χ4v) is 3.50. The smallest absolute Gasteiger partial charge is 0.0555 e. The zero-order valence-electron chi connectivity index (χ0n) is 13.2. The van der Waals surface area contributed by atoms with Gasteiger partial charge in [0.15, 0.2) is 0 Å². The summed E-state index contributed by atoms with van der Waals surface area (Å²) in [6.07, 6.45) is 4.25. The SMILES string of the molecule is CCC(C)(C)C1CCC(O)CC1N(C)CC(C)C. The summed E-state index contributed by atoms with van der Waals surface area (Å²) < 4.78 is 0. The van der Waals surface area contributed by atoms with Crippen LogP contribution in [0.3, 0.4) is 0 Å². The van der Waals surface area contributed by atoms with Gasteiger partial charge in [-0.15, -0.1) is 0 Å². The van der Waals surface area contributed by atoms with Gasteiger partial charge >= 0.3 is 0 Å². The highest BCUT2D eigenvalue weighted by atomic mass is 16.3. The third-order valence-corrected chi connectivity index (χ3v) is 4.92. The van der Waals surface area contributed by atoms with Gasteiger partial charge < -0.3 is 10.0 Å². The lowest BCUT2D eigenvalue weighted by atomic mass is 9.66. The first-order valence-electron chi connectivity index (χ1n) is 7.66. The first-order valence-corrected chi connectivity index (χ1v) is 7.66. The largest absolute Gasteiger partial charge is 0.393 e. The number of nitrogens with zero attached hydrogens (tertiary/aromatic N) is 1. The van der Waals surface area contributed by atoms with Gasteiger partial charge in [0.25, 0.3) is 0 Å². The van der Waals surface area contributed by atoms with Crippen LogP contribution in [0.25, 0.3) is 0 Å². The van der Waals surface area contributed by atoms with E-state index in [-0.39, 0.29) is 6.10 Å². The van der Waals surface area contributed by atoms with Gasteiger partial charge in [-0.25, -0.2) is 0 Å². The van der Waals surface area contributed by atoms with Crippen molar-refractivity contribution in [3.05, 3.63) is 0 Å². The molecule has 1 aliphatic carbocycles. The Kier molecular flexibility index (Phi) is 5.67. The zero-order valence-corrected chi connectivity index (χ0v) is 13.2. The summed E-state index contributed by atoms with van der Waals surface area (Å²) >= 11 is 0. The van der Waals surface area contributed by atoms with E-state index >= 15 is 0 Å². The van der Waals surface area contributed by atoms with E-state index in [1.807, 2.05) is 0 Å². The molecule has 0 aromatic heterocycles. The van der Waals surface area contributed by atoms with Crippen LogP contribution in [0.4, 0.5) is 0 Å². The summed E-state index contributed by atoms with van der Waals surface area (Å²) in [5, 5.41) is 9.99. The predicted octanol–water partition coefficient (Wildman–Crippen LogP) is 3.54. The second-order valence-electron chi connectivity index (χ2n) is 7.32. The predicted molar refractivity (Wildman–Crippen MR) is 78.7 cm³/mol. The maximum atomic E-state index is 9.99. The van der Waals surface area contributed by atoms with Crippen LogP contribution in [0.2, 0.25) is 0 Å². The van der Waals surface area contributed by atoms with Crippen LogP contribution >= 0.6 is 0 Å². The van der Waals surface area contributed by atoms with Crippen LogP contribution in [-0.2, 0) is 0 Å². The Morgan fingerprint density at radius 2 is 1.89 bits per heavy atom. The minimum atomic E-state index is -0.0893. The van der Waals surface area contributed by atoms with Gasteiger partial charge in [0.05, 0.1) is 6.10 Å². The van der Waals surface area contributed by atoms with Gasteiger partial charge in [0, 0.05) is 12.6 Å². The lowest BCUT2D eigenvalue weighted by Crippen LogP contribution is -2.49. The minimum absolute atomic E-state index is 0.0893. The summed E-state index contributed by atoms with van der Waals surface area (Å²) in [6.45, 7) is 12.8. The lowest BCUT2D eigenvalue weighted by molar-refractivity contribution is -0.0123. The molecule has 0 bridgehead atoms. The molecule has 0 aromatic carbocycles. The molecule has 1 fully saturated rings. The van der Waals surface area contributed by atoms with Crippen LogP contribution in [0.1, 0.15) is 60.3 Å². The number of rotatable bonds is 5. The molecule has 0 amide bonds. The van der Waals surface area contributed by atoms with Gasteiger partial charge in [-0.1, -0.05) is 41.0 Å². The van der Waals surface area contributed by atoms with Crippen molar-refractivity contribution in [3.8, 4) is 0 Å². The molecule has 0 aliphatic heterocycles. The molecule has 3 unspecified atom stereocenters. The average molecular weight is 255 g/mol. The Morgan fingerprint density at radius 3 is 2.39 bits per heavy atom. The Labute approximate surface area is 114 Å². The number of hydrogen-bond acceptors (Lipinski definition) is 2. The molecule has 0 saturated heterocycles. The second kappa shape index (κ2) is 6.38. The molecule has 0 spiro atoms. The standard InChI is InChI=1S/C16H33NO/c1-7-16(4,5)14-9-8-13(18)10-15(14)17(6)11-12(2)3/h12-15,18H,7-11H2,1-6H3. The first-order chi connectivity index (χ1) is 8.27. The molecule has 1 saturated carbocycles. The molecular formula is C16H33NO. The van der Waals surface area contributed by atoms with E-state index in [1.165, 1.54) is 12.8 Å². The minimum Gasteiger partial charge on any atom is -0.393 e.